The van der Waals surface area contributed by atoms with Crippen LogP contribution in [-0.2, 0) is 17.8 Å². The summed E-state index contributed by atoms with van der Waals surface area (Å²) >= 11 is 5.88. The lowest BCUT2D eigenvalue weighted by Gasteiger charge is -2.39. The second kappa shape index (κ2) is 6.60. The minimum Gasteiger partial charge on any atom is -0.341 e. The molecule has 1 fully saturated rings. The van der Waals surface area contributed by atoms with Crippen molar-refractivity contribution in [3.8, 4) is 0 Å². The van der Waals surface area contributed by atoms with Crippen molar-refractivity contribution in [2.45, 2.75) is 69.9 Å². The first-order valence-electron chi connectivity index (χ1n) is 10.3. The first kappa shape index (κ1) is 16.7. The Balaban J connectivity index is 1.61. The highest BCUT2D eigenvalue weighted by atomic mass is 35.5. The molecule has 1 atom stereocenters. The Morgan fingerprint density at radius 3 is 2.73 bits per heavy atom. The number of carbonyl (C=O) groups excluding carboxylic acids is 1. The smallest absolute Gasteiger partial charge is 0.238 e. The Kier molecular flexibility index (Phi) is 4.23. The van der Waals surface area contributed by atoms with Crippen LogP contribution in [0.1, 0.15) is 73.7 Å². The van der Waals surface area contributed by atoms with Gasteiger partial charge in [-0.15, -0.1) is 11.6 Å². The lowest BCUT2D eigenvalue weighted by atomic mass is 9.83. The number of rotatable bonds is 2. The Labute approximate surface area is 160 Å². The van der Waals surface area contributed by atoms with Gasteiger partial charge in [-0.25, -0.2) is 0 Å². The van der Waals surface area contributed by atoms with Crippen LogP contribution in [0.3, 0.4) is 0 Å². The molecule has 3 aliphatic rings. The maximum absolute atomic E-state index is 12.3. The Morgan fingerprint density at radius 2 is 1.92 bits per heavy atom. The lowest BCUT2D eigenvalue weighted by Crippen LogP contribution is -2.43. The molecule has 0 N–H and O–H groups in total. The van der Waals surface area contributed by atoms with E-state index >= 15 is 0 Å². The lowest BCUT2D eigenvalue weighted by molar-refractivity contribution is -0.132. The second-order valence-corrected chi connectivity index (χ2v) is 8.52. The molecule has 1 amide bonds. The number of hydrogen-bond acceptors (Lipinski definition) is 1. The van der Waals surface area contributed by atoms with Crippen LogP contribution in [0.2, 0.25) is 0 Å². The first-order valence-corrected chi connectivity index (χ1v) is 10.8. The van der Waals surface area contributed by atoms with Crippen LogP contribution in [0, 0.1) is 0 Å². The van der Waals surface area contributed by atoms with Crippen LogP contribution >= 0.6 is 11.6 Å². The molecule has 5 rings (SSSR count). The fraction of sp³-hybridized carbons (Fsp3) is 0.591. The Hall–Kier alpha value is -1.48. The molecule has 1 unspecified atom stereocenters. The second-order valence-electron chi connectivity index (χ2n) is 8.26. The molecule has 2 aliphatic carbocycles. The summed E-state index contributed by atoms with van der Waals surface area (Å²) in [6, 6.07) is 7.44. The SMILES string of the molecule is O=C(CCl)N1CCn2c3c(c4cc(C5CCCCC5)ccc42)CCCC31. The van der Waals surface area contributed by atoms with E-state index in [-0.39, 0.29) is 17.8 Å². The summed E-state index contributed by atoms with van der Waals surface area (Å²) in [5, 5.41) is 1.45. The van der Waals surface area contributed by atoms with Crippen molar-refractivity contribution >= 4 is 28.4 Å². The molecule has 138 valence electrons. The van der Waals surface area contributed by atoms with Crippen molar-refractivity contribution in [2.24, 2.45) is 0 Å². The number of alkyl halides is 1. The zero-order valence-electron chi connectivity index (χ0n) is 15.3. The standard InChI is InChI=1S/C22H27ClN2O/c23-14-21(26)24-11-12-25-19-10-9-16(15-5-2-1-3-6-15)13-18(19)17-7-4-8-20(24)22(17)25/h9-10,13,15,20H,1-8,11-12,14H2. The average molecular weight is 371 g/mol. The molecule has 0 radical (unpaired) electrons. The molecule has 2 heterocycles. The summed E-state index contributed by atoms with van der Waals surface area (Å²) in [6.07, 6.45) is 10.2. The number of aryl methyl sites for hydroxylation is 1. The van der Waals surface area contributed by atoms with E-state index < -0.39 is 0 Å². The van der Waals surface area contributed by atoms with Gasteiger partial charge in [0.05, 0.1) is 6.04 Å². The van der Waals surface area contributed by atoms with E-state index in [0.29, 0.717) is 0 Å². The van der Waals surface area contributed by atoms with Crippen molar-refractivity contribution in [3.05, 3.63) is 35.0 Å². The van der Waals surface area contributed by atoms with Gasteiger partial charge in [-0.1, -0.05) is 25.3 Å². The molecular weight excluding hydrogens is 344 g/mol. The number of amides is 1. The van der Waals surface area contributed by atoms with E-state index in [2.05, 4.69) is 22.8 Å². The van der Waals surface area contributed by atoms with Crippen LogP contribution < -0.4 is 0 Å². The molecule has 1 aromatic carbocycles. The third-order valence-electron chi connectivity index (χ3n) is 6.91. The molecule has 1 aliphatic heterocycles. The average Bonchev–Trinajstić information content (AvgIpc) is 3.03. The van der Waals surface area contributed by atoms with Gasteiger partial charge in [-0.3, -0.25) is 4.79 Å². The summed E-state index contributed by atoms with van der Waals surface area (Å²) in [7, 11) is 0. The van der Waals surface area contributed by atoms with Gasteiger partial charge in [0.15, 0.2) is 0 Å². The largest absolute Gasteiger partial charge is 0.341 e. The van der Waals surface area contributed by atoms with Gasteiger partial charge in [-0.2, -0.15) is 0 Å². The van der Waals surface area contributed by atoms with E-state index in [1.165, 1.54) is 59.8 Å². The van der Waals surface area contributed by atoms with Crippen LogP contribution in [0.5, 0.6) is 0 Å². The normalized spacial score (nSPS) is 23.3. The number of benzene rings is 1. The molecule has 4 heteroatoms. The monoisotopic (exact) mass is 370 g/mol. The van der Waals surface area contributed by atoms with Crippen molar-refractivity contribution < 1.29 is 4.79 Å². The molecule has 1 saturated carbocycles. The van der Waals surface area contributed by atoms with E-state index in [1.54, 1.807) is 0 Å². The highest BCUT2D eigenvalue weighted by molar-refractivity contribution is 6.27. The minimum absolute atomic E-state index is 0.0870. The maximum atomic E-state index is 12.3. The van der Waals surface area contributed by atoms with Crippen molar-refractivity contribution in [2.75, 3.05) is 12.4 Å². The van der Waals surface area contributed by atoms with Crippen LogP contribution in [0.25, 0.3) is 10.9 Å². The molecule has 0 spiro atoms. The fourth-order valence-corrected chi connectivity index (χ4v) is 5.84. The third kappa shape index (κ3) is 2.51. The summed E-state index contributed by atoms with van der Waals surface area (Å²) < 4.78 is 2.50. The summed E-state index contributed by atoms with van der Waals surface area (Å²) in [6.45, 7) is 1.69. The quantitative estimate of drug-likeness (QED) is 0.671. The summed E-state index contributed by atoms with van der Waals surface area (Å²) in [4.78, 5) is 14.4. The number of carbonyl (C=O) groups is 1. The van der Waals surface area contributed by atoms with Gasteiger partial charge in [0.25, 0.3) is 0 Å². The first-order chi connectivity index (χ1) is 12.8. The molecule has 2 aromatic rings. The number of halogens is 1. The zero-order valence-corrected chi connectivity index (χ0v) is 16.1. The van der Waals surface area contributed by atoms with E-state index in [9.17, 15) is 4.79 Å². The number of hydrogen-bond donors (Lipinski definition) is 0. The predicted molar refractivity (Wildman–Crippen MR) is 106 cm³/mol. The maximum Gasteiger partial charge on any atom is 0.238 e. The molecule has 3 nitrogen and oxygen atoms in total. The summed E-state index contributed by atoms with van der Waals surface area (Å²) in [5.74, 6) is 0.924. The van der Waals surface area contributed by atoms with Gasteiger partial charge in [0.2, 0.25) is 5.91 Å². The van der Waals surface area contributed by atoms with Crippen molar-refractivity contribution in [1.29, 1.82) is 0 Å². The number of nitrogens with zero attached hydrogens (tertiary/aromatic N) is 2. The van der Waals surface area contributed by atoms with Crippen molar-refractivity contribution in [3.63, 3.8) is 0 Å². The molecular formula is C22H27ClN2O. The van der Waals surface area contributed by atoms with Gasteiger partial charge < -0.3 is 9.47 Å². The molecule has 0 bridgehead atoms. The number of fused-ring (bicyclic) bond motifs is 3. The Morgan fingerprint density at radius 1 is 1.08 bits per heavy atom. The van der Waals surface area contributed by atoms with E-state index in [0.717, 1.165) is 38.3 Å². The fourth-order valence-electron chi connectivity index (χ4n) is 5.69. The molecule has 26 heavy (non-hydrogen) atoms. The van der Waals surface area contributed by atoms with E-state index in [1.807, 2.05) is 4.90 Å². The van der Waals surface area contributed by atoms with Gasteiger partial charge in [0.1, 0.15) is 5.88 Å². The van der Waals surface area contributed by atoms with Gasteiger partial charge in [-0.05, 0) is 61.3 Å². The topological polar surface area (TPSA) is 25.2 Å². The summed E-state index contributed by atoms with van der Waals surface area (Å²) in [5.41, 5.74) is 5.81. The highest BCUT2D eigenvalue weighted by Gasteiger charge is 2.36. The van der Waals surface area contributed by atoms with Crippen LogP contribution in [0.4, 0.5) is 0 Å². The molecule has 1 aromatic heterocycles. The third-order valence-corrected chi connectivity index (χ3v) is 7.14. The van der Waals surface area contributed by atoms with Crippen LogP contribution in [-0.4, -0.2) is 27.8 Å². The highest BCUT2D eigenvalue weighted by Crippen LogP contribution is 2.44. The van der Waals surface area contributed by atoms with Crippen molar-refractivity contribution in [1.82, 2.24) is 9.47 Å². The number of aromatic nitrogens is 1. The van der Waals surface area contributed by atoms with Gasteiger partial charge in [0, 0.05) is 29.7 Å². The predicted octanol–water partition coefficient (Wildman–Crippen LogP) is 5.15. The molecule has 0 saturated heterocycles. The zero-order chi connectivity index (χ0) is 17.7. The van der Waals surface area contributed by atoms with Crippen LogP contribution in [0.15, 0.2) is 18.2 Å². The van der Waals surface area contributed by atoms with E-state index in [4.69, 9.17) is 11.6 Å². The minimum atomic E-state index is 0.0870. The van der Waals surface area contributed by atoms with Gasteiger partial charge >= 0.3 is 0 Å². The Bertz CT molecular complexity index is 849.